The van der Waals surface area contributed by atoms with E-state index in [0.717, 1.165) is 18.7 Å². The van der Waals surface area contributed by atoms with Crippen LogP contribution in [-0.4, -0.2) is 10.6 Å². The summed E-state index contributed by atoms with van der Waals surface area (Å²) >= 11 is 0. The van der Waals surface area contributed by atoms with Crippen molar-refractivity contribution in [2.24, 2.45) is 11.3 Å². The summed E-state index contributed by atoms with van der Waals surface area (Å²) in [6, 6.07) is 4.09. The quantitative estimate of drug-likeness (QED) is 0.901. The first-order valence-electron chi connectivity index (χ1n) is 7.38. The van der Waals surface area contributed by atoms with Gasteiger partial charge in [0.05, 0.1) is 5.69 Å². The number of aryl methyl sites for hydroxylation is 1. The van der Waals surface area contributed by atoms with E-state index in [1.165, 1.54) is 12.8 Å². The van der Waals surface area contributed by atoms with Gasteiger partial charge in [0, 0.05) is 24.8 Å². The standard InChI is InChI=1S/C16H26N2O/c1-5-8-18-11-13(6-7-15(18)19)17-14-10-16(3,4)9-12(14)2/h6-7,11-12,14,17H,5,8-10H2,1-4H3. The van der Waals surface area contributed by atoms with Gasteiger partial charge in [-0.15, -0.1) is 0 Å². The number of nitrogens with zero attached hydrogens (tertiary/aromatic N) is 1. The first-order chi connectivity index (χ1) is 8.91. The molecule has 2 unspecified atom stereocenters. The Morgan fingerprint density at radius 3 is 2.68 bits per heavy atom. The lowest BCUT2D eigenvalue weighted by atomic mass is 9.91. The molecule has 0 aliphatic heterocycles. The fraction of sp³-hybridized carbons (Fsp3) is 0.688. The summed E-state index contributed by atoms with van der Waals surface area (Å²) in [5, 5.41) is 3.61. The van der Waals surface area contributed by atoms with Gasteiger partial charge in [-0.25, -0.2) is 0 Å². The van der Waals surface area contributed by atoms with Crippen LogP contribution in [0.25, 0.3) is 0 Å². The number of hydrogen-bond donors (Lipinski definition) is 1. The summed E-state index contributed by atoms with van der Waals surface area (Å²) in [5.41, 5.74) is 1.59. The predicted octanol–water partition coefficient (Wildman–Crippen LogP) is 3.49. The Morgan fingerprint density at radius 2 is 2.11 bits per heavy atom. The van der Waals surface area contributed by atoms with Crippen molar-refractivity contribution in [3.8, 4) is 0 Å². The zero-order valence-corrected chi connectivity index (χ0v) is 12.6. The van der Waals surface area contributed by atoms with Gasteiger partial charge in [-0.1, -0.05) is 27.7 Å². The molecule has 0 radical (unpaired) electrons. The van der Waals surface area contributed by atoms with Gasteiger partial charge < -0.3 is 9.88 Å². The molecule has 2 atom stereocenters. The zero-order chi connectivity index (χ0) is 14.0. The van der Waals surface area contributed by atoms with Crippen molar-refractivity contribution in [1.29, 1.82) is 0 Å². The highest BCUT2D eigenvalue weighted by atomic mass is 16.1. The maximum atomic E-state index is 11.7. The maximum absolute atomic E-state index is 11.7. The first-order valence-corrected chi connectivity index (χ1v) is 7.38. The molecule has 0 spiro atoms. The minimum absolute atomic E-state index is 0.0900. The summed E-state index contributed by atoms with van der Waals surface area (Å²) in [5.74, 6) is 0.682. The van der Waals surface area contributed by atoms with Crippen molar-refractivity contribution in [2.75, 3.05) is 5.32 Å². The third-order valence-corrected chi connectivity index (χ3v) is 4.13. The fourth-order valence-electron chi connectivity index (χ4n) is 3.33. The number of hydrogen-bond acceptors (Lipinski definition) is 2. The Balaban J connectivity index is 2.11. The van der Waals surface area contributed by atoms with Crippen LogP contribution in [0.5, 0.6) is 0 Å². The lowest BCUT2D eigenvalue weighted by Gasteiger charge is -2.20. The van der Waals surface area contributed by atoms with Gasteiger partial charge in [-0.2, -0.15) is 0 Å². The molecule has 3 nitrogen and oxygen atoms in total. The smallest absolute Gasteiger partial charge is 0.250 e. The van der Waals surface area contributed by atoms with Gasteiger partial charge >= 0.3 is 0 Å². The Kier molecular flexibility index (Phi) is 4.02. The van der Waals surface area contributed by atoms with Gasteiger partial charge in [-0.3, -0.25) is 4.79 Å². The molecular formula is C16H26N2O. The van der Waals surface area contributed by atoms with E-state index in [1.807, 2.05) is 12.3 Å². The fourth-order valence-corrected chi connectivity index (χ4v) is 3.33. The number of rotatable bonds is 4. The largest absolute Gasteiger partial charge is 0.381 e. The summed E-state index contributed by atoms with van der Waals surface area (Å²) in [7, 11) is 0. The van der Waals surface area contributed by atoms with Crippen LogP contribution in [0.1, 0.15) is 47.0 Å². The summed E-state index contributed by atoms with van der Waals surface area (Å²) in [6.45, 7) is 9.87. The van der Waals surface area contributed by atoms with Gasteiger partial charge in [0.2, 0.25) is 0 Å². The van der Waals surface area contributed by atoms with Gasteiger partial charge in [-0.05, 0) is 36.7 Å². The molecule has 0 amide bonds. The van der Waals surface area contributed by atoms with E-state index in [1.54, 1.807) is 10.6 Å². The summed E-state index contributed by atoms with van der Waals surface area (Å²) < 4.78 is 1.80. The first kappa shape index (κ1) is 14.2. The van der Waals surface area contributed by atoms with E-state index in [4.69, 9.17) is 0 Å². The molecule has 2 rings (SSSR count). The van der Waals surface area contributed by atoms with Crippen molar-refractivity contribution in [3.63, 3.8) is 0 Å². The molecule has 1 saturated carbocycles. The van der Waals surface area contributed by atoms with Crippen LogP contribution in [0.4, 0.5) is 5.69 Å². The van der Waals surface area contributed by atoms with E-state index in [2.05, 4.69) is 33.0 Å². The molecule has 1 aromatic heterocycles. The Labute approximate surface area is 116 Å². The third kappa shape index (κ3) is 3.40. The van der Waals surface area contributed by atoms with Crippen LogP contribution in [0, 0.1) is 11.3 Å². The lowest BCUT2D eigenvalue weighted by molar-refractivity contribution is 0.366. The van der Waals surface area contributed by atoms with Crippen molar-refractivity contribution in [1.82, 2.24) is 4.57 Å². The van der Waals surface area contributed by atoms with Crippen molar-refractivity contribution in [3.05, 3.63) is 28.7 Å². The maximum Gasteiger partial charge on any atom is 0.250 e. The molecule has 1 N–H and O–H groups in total. The molecule has 1 fully saturated rings. The Hall–Kier alpha value is -1.25. The molecule has 3 heteroatoms. The van der Waals surface area contributed by atoms with E-state index >= 15 is 0 Å². The summed E-state index contributed by atoms with van der Waals surface area (Å²) in [4.78, 5) is 11.7. The van der Waals surface area contributed by atoms with Crippen LogP contribution in [0.2, 0.25) is 0 Å². The third-order valence-electron chi connectivity index (χ3n) is 4.13. The highest BCUT2D eigenvalue weighted by Crippen LogP contribution is 2.41. The Bertz CT molecular complexity index is 490. The molecule has 0 saturated heterocycles. The lowest BCUT2D eigenvalue weighted by Crippen LogP contribution is -2.25. The molecule has 0 bridgehead atoms. The monoisotopic (exact) mass is 262 g/mol. The molecule has 1 aromatic rings. The predicted molar refractivity (Wildman–Crippen MR) is 80.6 cm³/mol. The normalized spacial score (nSPS) is 25.5. The molecule has 1 aliphatic carbocycles. The average Bonchev–Trinajstić information content (AvgIpc) is 2.57. The number of pyridine rings is 1. The molecular weight excluding hydrogens is 236 g/mol. The average molecular weight is 262 g/mol. The van der Waals surface area contributed by atoms with Crippen LogP contribution < -0.4 is 10.9 Å². The second-order valence-electron chi connectivity index (χ2n) is 6.75. The second kappa shape index (κ2) is 5.40. The van der Waals surface area contributed by atoms with Crippen LogP contribution >= 0.6 is 0 Å². The molecule has 1 heterocycles. The van der Waals surface area contributed by atoms with Crippen LogP contribution in [0.15, 0.2) is 23.1 Å². The number of nitrogens with one attached hydrogen (secondary N) is 1. The van der Waals surface area contributed by atoms with Crippen molar-refractivity contribution < 1.29 is 0 Å². The van der Waals surface area contributed by atoms with Crippen molar-refractivity contribution in [2.45, 2.75) is 59.5 Å². The molecule has 0 aromatic carbocycles. The van der Waals surface area contributed by atoms with E-state index in [0.29, 0.717) is 17.4 Å². The minimum Gasteiger partial charge on any atom is -0.381 e. The van der Waals surface area contributed by atoms with Gasteiger partial charge in [0.15, 0.2) is 0 Å². The molecule has 19 heavy (non-hydrogen) atoms. The number of aromatic nitrogens is 1. The van der Waals surface area contributed by atoms with Gasteiger partial charge in [0.25, 0.3) is 5.56 Å². The van der Waals surface area contributed by atoms with E-state index in [-0.39, 0.29) is 5.56 Å². The second-order valence-corrected chi connectivity index (χ2v) is 6.75. The molecule has 106 valence electrons. The highest BCUT2D eigenvalue weighted by Gasteiger charge is 2.36. The topological polar surface area (TPSA) is 34.0 Å². The van der Waals surface area contributed by atoms with Crippen molar-refractivity contribution >= 4 is 5.69 Å². The van der Waals surface area contributed by atoms with E-state index in [9.17, 15) is 4.79 Å². The number of anilines is 1. The SMILES string of the molecule is CCCn1cc(NC2CC(C)(C)CC2C)ccc1=O. The minimum atomic E-state index is 0.0900. The van der Waals surface area contributed by atoms with Crippen LogP contribution in [0.3, 0.4) is 0 Å². The summed E-state index contributed by atoms with van der Waals surface area (Å²) in [6.07, 6.45) is 5.40. The molecule has 1 aliphatic rings. The van der Waals surface area contributed by atoms with Crippen LogP contribution in [-0.2, 0) is 6.54 Å². The Morgan fingerprint density at radius 1 is 1.37 bits per heavy atom. The van der Waals surface area contributed by atoms with E-state index < -0.39 is 0 Å². The van der Waals surface area contributed by atoms with Gasteiger partial charge in [0.1, 0.15) is 0 Å². The highest BCUT2D eigenvalue weighted by molar-refractivity contribution is 5.42. The zero-order valence-electron chi connectivity index (χ0n) is 12.6.